The van der Waals surface area contributed by atoms with Crippen molar-refractivity contribution in [1.82, 2.24) is 10.9 Å². The van der Waals surface area contributed by atoms with Crippen LogP contribution in [0.2, 0.25) is 0 Å². The van der Waals surface area contributed by atoms with Gasteiger partial charge in [0.15, 0.2) is 0 Å². The van der Waals surface area contributed by atoms with Crippen LogP contribution < -0.4 is 15.6 Å². The molecule has 2 amide bonds. The van der Waals surface area contributed by atoms with E-state index >= 15 is 0 Å². The molecule has 0 bridgehead atoms. The van der Waals surface area contributed by atoms with Crippen molar-refractivity contribution < 1.29 is 19.2 Å². The third-order valence-electron chi connectivity index (χ3n) is 4.32. The van der Waals surface area contributed by atoms with Gasteiger partial charge in [-0.25, -0.2) is 0 Å². The summed E-state index contributed by atoms with van der Waals surface area (Å²) in [5.74, 6) is -0.516. The van der Waals surface area contributed by atoms with Crippen molar-refractivity contribution >= 4 is 33.4 Å². The van der Waals surface area contributed by atoms with Crippen molar-refractivity contribution in [3.8, 4) is 5.75 Å². The topological polar surface area (TPSA) is 111 Å². The van der Waals surface area contributed by atoms with E-state index in [2.05, 4.69) is 26.8 Å². The highest BCUT2D eigenvalue weighted by molar-refractivity contribution is 9.10. The molecule has 0 heterocycles. The first kappa shape index (κ1) is 22.0. The van der Waals surface area contributed by atoms with Gasteiger partial charge < -0.3 is 4.74 Å². The second kappa shape index (κ2) is 10.4. The van der Waals surface area contributed by atoms with Crippen LogP contribution in [0.3, 0.4) is 0 Å². The molecule has 0 unspecified atom stereocenters. The fourth-order valence-electron chi connectivity index (χ4n) is 2.68. The number of carbonyl (C=O) groups excluding carboxylic acids is 2. The second-order valence-corrected chi connectivity index (χ2v) is 7.30. The third kappa shape index (κ3) is 6.13. The first-order chi connectivity index (χ1) is 14.9. The zero-order valence-corrected chi connectivity index (χ0v) is 17.8. The number of hydrogen-bond donors (Lipinski definition) is 2. The molecule has 0 fully saturated rings. The minimum absolute atomic E-state index is 0.128. The molecule has 9 heteroatoms. The number of benzene rings is 3. The summed E-state index contributed by atoms with van der Waals surface area (Å²) in [5, 5.41) is 10.7. The molecule has 3 aromatic rings. The van der Waals surface area contributed by atoms with Crippen LogP contribution >= 0.6 is 15.9 Å². The summed E-state index contributed by atoms with van der Waals surface area (Å²) in [7, 11) is 0. The van der Waals surface area contributed by atoms with E-state index in [1.165, 1.54) is 29.8 Å². The van der Waals surface area contributed by atoms with E-state index in [9.17, 15) is 19.7 Å². The summed E-state index contributed by atoms with van der Waals surface area (Å²) in [5.41, 5.74) is 6.11. The highest BCUT2D eigenvalue weighted by atomic mass is 79.9. The second-order valence-electron chi connectivity index (χ2n) is 6.44. The van der Waals surface area contributed by atoms with Crippen molar-refractivity contribution in [1.29, 1.82) is 0 Å². The Labute approximate surface area is 186 Å². The molecule has 0 aliphatic carbocycles. The lowest BCUT2D eigenvalue weighted by Gasteiger charge is -2.11. The molecule has 158 valence electrons. The number of nitro groups is 1. The van der Waals surface area contributed by atoms with Crippen LogP contribution in [0, 0.1) is 10.1 Å². The molecule has 0 spiro atoms. The molecule has 3 rings (SSSR count). The summed E-state index contributed by atoms with van der Waals surface area (Å²) in [6.07, 6.45) is 0.754. The van der Waals surface area contributed by atoms with Crippen molar-refractivity contribution in [2.24, 2.45) is 0 Å². The van der Waals surface area contributed by atoms with Crippen LogP contribution in [0.25, 0.3) is 0 Å². The lowest BCUT2D eigenvalue weighted by molar-refractivity contribution is -0.384. The first-order valence-electron chi connectivity index (χ1n) is 9.25. The van der Waals surface area contributed by atoms with Crippen molar-refractivity contribution in [3.05, 3.63) is 104 Å². The highest BCUT2D eigenvalue weighted by Gasteiger charge is 2.13. The molecular weight excluding hydrogens is 466 g/mol. The largest absolute Gasteiger partial charge is 0.492 e. The van der Waals surface area contributed by atoms with Gasteiger partial charge in [-0.15, -0.1) is 0 Å². The maximum absolute atomic E-state index is 12.3. The molecule has 8 nitrogen and oxygen atoms in total. The maximum Gasteiger partial charge on any atom is 0.269 e. The Hall–Kier alpha value is -3.72. The Morgan fingerprint density at radius 1 is 0.903 bits per heavy atom. The van der Waals surface area contributed by atoms with Crippen LogP contribution in [-0.4, -0.2) is 23.3 Å². The van der Waals surface area contributed by atoms with Crippen molar-refractivity contribution in [3.63, 3.8) is 0 Å². The van der Waals surface area contributed by atoms with Gasteiger partial charge in [0.1, 0.15) is 5.75 Å². The minimum atomic E-state index is -0.594. The molecule has 0 radical (unpaired) electrons. The summed E-state index contributed by atoms with van der Waals surface area (Å²) in [6, 6.07) is 19.8. The highest BCUT2D eigenvalue weighted by Crippen LogP contribution is 2.26. The van der Waals surface area contributed by atoms with Gasteiger partial charge >= 0.3 is 0 Å². The number of halogens is 1. The van der Waals surface area contributed by atoms with Crippen LogP contribution in [-0.2, 0) is 6.42 Å². The third-order valence-corrected chi connectivity index (χ3v) is 4.93. The molecule has 0 aliphatic heterocycles. The predicted molar refractivity (Wildman–Crippen MR) is 118 cm³/mol. The molecule has 0 saturated heterocycles. The van der Waals surface area contributed by atoms with E-state index in [0.29, 0.717) is 22.4 Å². The SMILES string of the molecule is O=C(NNC(=O)c1ccc(OCCc2ccccc2)c(Br)c1)c1ccc([N+](=O)[O-])cc1. The minimum Gasteiger partial charge on any atom is -0.492 e. The van der Waals surface area contributed by atoms with Gasteiger partial charge in [0.05, 0.1) is 16.0 Å². The first-order valence-corrected chi connectivity index (χ1v) is 10.0. The number of nitrogens with one attached hydrogen (secondary N) is 2. The summed E-state index contributed by atoms with van der Waals surface area (Å²) < 4.78 is 6.37. The number of amides is 2. The lowest BCUT2D eigenvalue weighted by atomic mass is 10.2. The number of hydrogen-bond acceptors (Lipinski definition) is 5. The molecule has 3 aromatic carbocycles. The fraction of sp³-hybridized carbons (Fsp3) is 0.0909. The lowest BCUT2D eigenvalue weighted by Crippen LogP contribution is -2.41. The fourth-order valence-corrected chi connectivity index (χ4v) is 3.17. The van der Waals surface area contributed by atoms with Crippen molar-refractivity contribution in [2.45, 2.75) is 6.42 Å². The normalized spacial score (nSPS) is 10.2. The molecule has 2 N–H and O–H groups in total. The quantitative estimate of drug-likeness (QED) is 0.388. The Balaban J connectivity index is 1.52. The van der Waals surface area contributed by atoms with E-state index in [0.717, 1.165) is 6.42 Å². The number of carbonyl (C=O) groups is 2. The molecular formula is C22H18BrN3O5. The number of hydrazine groups is 1. The van der Waals surface area contributed by atoms with Crippen LogP contribution in [0.4, 0.5) is 5.69 Å². The monoisotopic (exact) mass is 483 g/mol. The van der Waals surface area contributed by atoms with E-state index in [1.807, 2.05) is 30.3 Å². The molecule has 31 heavy (non-hydrogen) atoms. The van der Waals surface area contributed by atoms with Crippen LogP contribution in [0.15, 0.2) is 77.3 Å². The van der Waals surface area contributed by atoms with Gasteiger partial charge in [-0.2, -0.15) is 0 Å². The number of rotatable bonds is 7. The van der Waals surface area contributed by atoms with Gasteiger partial charge in [-0.1, -0.05) is 30.3 Å². The van der Waals surface area contributed by atoms with Crippen LogP contribution in [0.5, 0.6) is 5.75 Å². The molecule has 0 saturated carbocycles. The zero-order chi connectivity index (χ0) is 22.2. The van der Waals surface area contributed by atoms with Gasteiger partial charge in [0, 0.05) is 29.7 Å². The van der Waals surface area contributed by atoms with Crippen molar-refractivity contribution in [2.75, 3.05) is 6.61 Å². The standard InChI is InChI=1S/C22H18BrN3O5/c23-19-14-17(8-11-20(19)31-13-12-15-4-2-1-3-5-15)22(28)25-24-21(27)16-6-9-18(10-7-16)26(29)30/h1-11,14H,12-13H2,(H,24,27)(H,25,28). The summed E-state index contributed by atoms with van der Waals surface area (Å²) in [6.45, 7) is 0.486. The van der Waals surface area contributed by atoms with E-state index in [1.54, 1.807) is 18.2 Å². The Kier molecular flexibility index (Phi) is 7.34. The van der Waals surface area contributed by atoms with Gasteiger partial charge in [0.2, 0.25) is 0 Å². The number of ether oxygens (including phenoxy) is 1. The smallest absolute Gasteiger partial charge is 0.269 e. The van der Waals surface area contributed by atoms with E-state index in [-0.39, 0.29) is 11.3 Å². The van der Waals surface area contributed by atoms with Gasteiger partial charge in [-0.05, 0) is 51.8 Å². The zero-order valence-electron chi connectivity index (χ0n) is 16.2. The molecule has 0 aromatic heterocycles. The average Bonchev–Trinajstić information content (AvgIpc) is 2.79. The molecule has 0 atom stereocenters. The average molecular weight is 484 g/mol. The van der Waals surface area contributed by atoms with Crippen LogP contribution in [0.1, 0.15) is 26.3 Å². The number of non-ortho nitro benzene ring substituents is 1. The Bertz CT molecular complexity index is 1090. The number of nitrogens with zero attached hydrogens (tertiary/aromatic N) is 1. The molecule has 0 aliphatic rings. The Morgan fingerprint density at radius 2 is 1.52 bits per heavy atom. The predicted octanol–water partition coefficient (Wildman–Crippen LogP) is 4.05. The Morgan fingerprint density at radius 3 is 2.13 bits per heavy atom. The van der Waals surface area contributed by atoms with E-state index < -0.39 is 16.7 Å². The maximum atomic E-state index is 12.3. The number of nitro benzene ring substituents is 1. The summed E-state index contributed by atoms with van der Waals surface area (Å²) >= 11 is 3.39. The van der Waals surface area contributed by atoms with Gasteiger partial charge in [-0.3, -0.25) is 30.6 Å². The van der Waals surface area contributed by atoms with Gasteiger partial charge in [0.25, 0.3) is 17.5 Å². The van der Waals surface area contributed by atoms with E-state index in [4.69, 9.17) is 4.74 Å². The summed E-state index contributed by atoms with van der Waals surface area (Å²) in [4.78, 5) is 34.5.